The molecule has 9 heteroatoms. The number of hydrogen-bond donors (Lipinski definition) is 2. The lowest BCUT2D eigenvalue weighted by molar-refractivity contribution is 0.600. The number of sulfonamides is 1. The number of H-pyrrole nitrogens is 1. The number of nitrogens with one attached hydrogen (secondary N) is 1. The van der Waals surface area contributed by atoms with Gasteiger partial charge in [0.1, 0.15) is 14.7 Å². The van der Waals surface area contributed by atoms with Gasteiger partial charge in [-0.3, -0.25) is 4.79 Å². The summed E-state index contributed by atoms with van der Waals surface area (Å²) in [6.45, 7) is 0. The SMILES string of the molecule is NS(=O)(=O)c1cc2nc(Cc3cccc(Cl)c3)[nH]c(=O)c2s1. The summed E-state index contributed by atoms with van der Waals surface area (Å²) in [4.78, 5) is 19.0. The highest BCUT2D eigenvalue weighted by Crippen LogP contribution is 2.24. The summed E-state index contributed by atoms with van der Waals surface area (Å²) in [6, 6.07) is 8.50. The third-order valence-corrected chi connectivity index (χ3v) is 5.73. The van der Waals surface area contributed by atoms with Crippen LogP contribution in [0.25, 0.3) is 10.2 Å². The van der Waals surface area contributed by atoms with Crippen LogP contribution in [-0.4, -0.2) is 18.4 Å². The van der Waals surface area contributed by atoms with Crippen LogP contribution in [0.2, 0.25) is 5.02 Å². The number of hydrogen-bond acceptors (Lipinski definition) is 5. The zero-order valence-corrected chi connectivity index (χ0v) is 13.4. The molecule has 2 heterocycles. The van der Waals surface area contributed by atoms with Crippen molar-refractivity contribution < 1.29 is 8.42 Å². The molecule has 0 spiro atoms. The number of halogens is 1. The van der Waals surface area contributed by atoms with Crippen LogP contribution in [0.1, 0.15) is 11.4 Å². The Bertz CT molecular complexity index is 1020. The van der Waals surface area contributed by atoms with Gasteiger partial charge in [-0.25, -0.2) is 18.5 Å². The van der Waals surface area contributed by atoms with Crippen molar-refractivity contribution in [1.29, 1.82) is 0 Å². The number of primary sulfonamides is 1. The molecule has 3 N–H and O–H groups in total. The molecule has 0 saturated carbocycles. The molecule has 114 valence electrons. The van der Waals surface area contributed by atoms with Gasteiger partial charge >= 0.3 is 0 Å². The molecule has 3 aromatic rings. The highest BCUT2D eigenvalue weighted by atomic mass is 35.5. The number of nitrogens with two attached hydrogens (primary N) is 1. The van der Waals surface area contributed by atoms with Crippen LogP contribution in [0.15, 0.2) is 39.3 Å². The van der Waals surface area contributed by atoms with E-state index in [1.54, 1.807) is 18.2 Å². The topological polar surface area (TPSA) is 106 Å². The van der Waals surface area contributed by atoms with Crippen molar-refractivity contribution in [2.45, 2.75) is 10.6 Å². The maximum Gasteiger partial charge on any atom is 0.268 e. The van der Waals surface area contributed by atoms with Crippen molar-refractivity contribution in [3.8, 4) is 0 Å². The molecule has 0 aliphatic carbocycles. The first-order valence-corrected chi connectivity index (χ1v) is 8.87. The average molecular weight is 356 g/mol. The number of benzene rings is 1. The standard InChI is InChI=1S/C13H10ClN3O3S2/c14-8-3-1-2-7(4-8)5-10-16-9-6-11(22(15,19)20)21-12(9)13(18)17-10/h1-4,6H,5H2,(H2,15,19,20)(H,16,17,18). The summed E-state index contributed by atoms with van der Waals surface area (Å²) in [5.41, 5.74) is 0.814. The van der Waals surface area contributed by atoms with Crippen molar-refractivity contribution in [1.82, 2.24) is 9.97 Å². The molecule has 3 rings (SSSR count). The number of thiophene rings is 1. The van der Waals surface area contributed by atoms with Gasteiger partial charge in [0.2, 0.25) is 10.0 Å². The average Bonchev–Trinajstić information content (AvgIpc) is 2.83. The summed E-state index contributed by atoms with van der Waals surface area (Å²) in [7, 11) is -3.85. The summed E-state index contributed by atoms with van der Waals surface area (Å²) < 4.78 is 22.9. The molecule has 0 amide bonds. The Balaban J connectivity index is 2.07. The molecule has 0 radical (unpaired) electrons. The van der Waals surface area contributed by atoms with E-state index in [0.717, 1.165) is 16.9 Å². The normalized spacial score (nSPS) is 11.9. The molecule has 22 heavy (non-hydrogen) atoms. The first-order chi connectivity index (χ1) is 10.3. The van der Waals surface area contributed by atoms with Crippen molar-refractivity contribution in [3.63, 3.8) is 0 Å². The second-order valence-electron chi connectivity index (χ2n) is 4.64. The van der Waals surface area contributed by atoms with Crippen molar-refractivity contribution in [2.75, 3.05) is 0 Å². The van der Waals surface area contributed by atoms with Crippen LogP contribution < -0.4 is 10.7 Å². The number of fused-ring (bicyclic) bond motifs is 1. The van der Waals surface area contributed by atoms with Crippen LogP contribution in [0.3, 0.4) is 0 Å². The lowest BCUT2D eigenvalue weighted by Gasteiger charge is -2.02. The van der Waals surface area contributed by atoms with Gasteiger partial charge in [0.15, 0.2) is 0 Å². The van der Waals surface area contributed by atoms with E-state index in [1.165, 1.54) is 6.07 Å². The Morgan fingerprint density at radius 3 is 2.77 bits per heavy atom. The van der Waals surface area contributed by atoms with Gasteiger partial charge in [0.05, 0.1) is 5.52 Å². The smallest absolute Gasteiger partial charge is 0.268 e. The summed E-state index contributed by atoms with van der Waals surface area (Å²) in [5.74, 6) is 0.429. The summed E-state index contributed by atoms with van der Waals surface area (Å²) in [6.07, 6.45) is 0.381. The predicted molar refractivity (Wildman–Crippen MR) is 85.9 cm³/mol. The highest BCUT2D eigenvalue weighted by Gasteiger charge is 2.16. The molecule has 1 aromatic carbocycles. The van der Waals surface area contributed by atoms with E-state index >= 15 is 0 Å². The van der Waals surface area contributed by atoms with E-state index in [9.17, 15) is 13.2 Å². The molecule has 0 unspecified atom stereocenters. The number of aromatic amines is 1. The molecular formula is C13H10ClN3O3S2. The second-order valence-corrected chi connectivity index (χ2v) is 7.92. The van der Waals surface area contributed by atoms with Gasteiger partial charge in [0.25, 0.3) is 5.56 Å². The van der Waals surface area contributed by atoms with Gasteiger partial charge in [-0.2, -0.15) is 0 Å². The van der Waals surface area contributed by atoms with Crippen LogP contribution in [0.5, 0.6) is 0 Å². The molecule has 0 aliphatic rings. The van der Waals surface area contributed by atoms with Gasteiger partial charge in [-0.05, 0) is 23.8 Å². The molecule has 0 atom stereocenters. The number of nitrogens with zero attached hydrogens (tertiary/aromatic N) is 1. The minimum Gasteiger partial charge on any atom is -0.309 e. The molecule has 0 bridgehead atoms. The third kappa shape index (κ3) is 3.05. The van der Waals surface area contributed by atoms with Crippen LogP contribution in [-0.2, 0) is 16.4 Å². The fourth-order valence-electron chi connectivity index (χ4n) is 2.03. The zero-order valence-electron chi connectivity index (χ0n) is 11.0. The van der Waals surface area contributed by atoms with Crippen molar-refractivity contribution in [2.24, 2.45) is 5.14 Å². The van der Waals surface area contributed by atoms with Crippen molar-refractivity contribution >= 4 is 43.2 Å². The maximum atomic E-state index is 12.1. The van der Waals surface area contributed by atoms with Crippen molar-refractivity contribution in [3.05, 3.63) is 57.1 Å². The number of aromatic nitrogens is 2. The Hall–Kier alpha value is -1.74. The van der Waals surface area contributed by atoms with E-state index in [1.807, 2.05) is 6.07 Å². The molecule has 6 nitrogen and oxygen atoms in total. The maximum absolute atomic E-state index is 12.1. The van der Waals surface area contributed by atoms with E-state index in [0.29, 0.717) is 22.8 Å². The Kier molecular flexibility index (Phi) is 3.77. The summed E-state index contributed by atoms with van der Waals surface area (Å²) in [5, 5.41) is 5.67. The van der Waals surface area contributed by atoms with Gasteiger partial charge in [0, 0.05) is 11.4 Å². The highest BCUT2D eigenvalue weighted by molar-refractivity contribution is 7.91. The lowest BCUT2D eigenvalue weighted by atomic mass is 10.1. The fourth-order valence-corrected chi connectivity index (χ4v) is 3.96. The van der Waals surface area contributed by atoms with E-state index in [-0.39, 0.29) is 14.5 Å². The first-order valence-electron chi connectivity index (χ1n) is 6.13. The molecule has 0 saturated heterocycles. The predicted octanol–water partition coefficient (Wildman–Crippen LogP) is 1.88. The van der Waals surface area contributed by atoms with E-state index in [4.69, 9.17) is 16.7 Å². The largest absolute Gasteiger partial charge is 0.309 e. The van der Waals surface area contributed by atoms with Gasteiger partial charge in [-0.15, -0.1) is 11.3 Å². The molecular weight excluding hydrogens is 346 g/mol. The molecule has 0 aliphatic heterocycles. The van der Waals surface area contributed by atoms with Crippen LogP contribution in [0.4, 0.5) is 0 Å². The fraction of sp³-hybridized carbons (Fsp3) is 0.0769. The Morgan fingerprint density at radius 1 is 1.32 bits per heavy atom. The van der Waals surface area contributed by atoms with Crippen LogP contribution in [0, 0.1) is 0 Å². The van der Waals surface area contributed by atoms with Gasteiger partial charge in [-0.1, -0.05) is 23.7 Å². The zero-order chi connectivity index (χ0) is 15.9. The Labute approximate surface area is 134 Å². The van der Waals surface area contributed by atoms with Gasteiger partial charge < -0.3 is 4.98 Å². The van der Waals surface area contributed by atoms with E-state index in [2.05, 4.69) is 9.97 Å². The third-order valence-electron chi connectivity index (χ3n) is 2.95. The Morgan fingerprint density at radius 2 is 2.09 bits per heavy atom. The van der Waals surface area contributed by atoms with E-state index < -0.39 is 10.0 Å². The molecule has 2 aromatic heterocycles. The first kappa shape index (κ1) is 15.2. The second kappa shape index (κ2) is 5.47. The quantitative estimate of drug-likeness (QED) is 0.748. The summed E-state index contributed by atoms with van der Waals surface area (Å²) >= 11 is 6.73. The monoisotopic (exact) mass is 355 g/mol. The molecule has 0 fully saturated rings. The number of rotatable bonds is 3. The minimum absolute atomic E-state index is 0.0830. The van der Waals surface area contributed by atoms with Crippen LogP contribution >= 0.6 is 22.9 Å². The minimum atomic E-state index is -3.85. The lowest BCUT2D eigenvalue weighted by Crippen LogP contribution is -2.10.